The van der Waals surface area contributed by atoms with Gasteiger partial charge in [-0.1, -0.05) is 12.2 Å². The number of hydrogen-bond acceptors (Lipinski definition) is 5. The zero-order valence-corrected chi connectivity index (χ0v) is 13.0. The third-order valence-corrected chi connectivity index (χ3v) is 3.69. The maximum absolute atomic E-state index is 11.8. The molecule has 2 aromatic heterocycles. The van der Waals surface area contributed by atoms with Gasteiger partial charge in [0.05, 0.1) is 24.6 Å². The molecule has 0 unspecified atom stereocenters. The molecule has 3 N–H and O–H groups in total. The predicted octanol–water partition coefficient (Wildman–Crippen LogP) is 1.63. The van der Waals surface area contributed by atoms with E-state index in [-0.39, 0.29) is 23.2 Å². The number of H-pyrrole nitrogens is 1. The smallest absolute Gasteiger partial charge is 0.280 e. The molecule has 7 heteroatoms. The van der Waals surface area contributed by atoms with Gasteiger partial charge in [0.2, 0.25) is 5.95 Å². The number of anilines is 1. The van der Waals surface area contributed by atoms with Crippen molar-refractivity contribution in [2.75, 3.05) is 12.3 Å². The van der Waals surface area contributed by atoms with Crippen molar-refractivity contribution in [2.45, 2.75) is 38.8 Å². The molecule has 22 heavy (non-hydrogen) atoms. The fraction of sp³-hybridized carbons (Fsp3) is 0.533. The minimum atomic E-state index is -0.309. The first-order valence-electron chi connectivity index (χ1n) is 7.38. The van der Waals surface area contributed by atoms with E-state index >= 15 is 0 Å². The Hall–Kier alpha value is -2.15. The first-order chi connectivity index (χ1) is 10.3. The molecular weight excluding hydrogens is 282 g/mol. The van der Waals surface area contributed by atoms with E-state index in [0.717, 1.165) is 6.42 Å². The Morgan fingerprint density at radius 1 is 1.45 bits per heavy atom. The first kappa shape index (κ1) is 14.8. The van der Waals surface area contributed by atoms with Crippen LogP contribution in [0.3, 0.4) is 0 Å². The summed E-state index contributed by atoms with van der Waals surface area (Å²) in [6.07, 6.45) is 6.81. The van der Waals surface area contributed by atoms with Crippen LogP contribution >= 0.6 is 0 Å². The van der Waals surface area contributed by atoms with Crippen LogP contribution in [0.1, 0.15) is 33.2 Å². The van der Waals surface area contributed by atoms with E-state index in [9.17, 15) is 4.79 Å². The summed E-state index contributed by atoms with van der Waals surface area (Å²) in [5.41, 5.74) is 6.02. The Labute approximate surface area is 128 Å². The standard InChI is InChI=1S/C15H21N5O2/c1-15(2,3)22-7-9-4-5-10(6-9)20-8-17-11-12(20)18-14(16)19-13(11)21/h4-5,8-10H,6-7H2,1-3H3,(H3,16,18,19,21)/t9-,10+/m0/s1. The molecule has 2 heterocycles. The van der Waals surface area contributed by atoms with Crippen LogP contribution in [0.2, 0.25) is 0 Å². The Balaban J connectivity index is 1.80. The summed E-state index contributed by atoms with van der Waals surface area (Å²) in [6, 6.07) is 0.118. The fourth-order valence-electron chi connectivity index (χ4n) is 2.63. The van der Waals surface area contributed by atoms with Gasteiger partial charge in [0.1, 0.15) is 0 Å². The highest BCUT2D eigenvalue weighted by Crippen LogP contribution is 2.30. The van der Waals surface area contributed by atoms with Crippen LogP contribution in [0.4, 0.5) is 5.95 Å². The molecule has 0 bridgehead atoms. The molecule has 118 valence electrons. The Kier molecular flexibility index (Phi) is 3.52. The van der Waals surface area contributed by atoms with Crippen molar-refractivity contribution >= 4 is 17.1 Å². The molecular formula is C15H21N5O2. The highest BCUT2D eigenvalue weighted by Gasteiger charge is 2.24. The van der Waals surface area contributed by atoms with Gasteiger partial charge in [-0.2, -0.15) is 4.98 Å². The molecule has 1 aliphatic rings. The molecule has 2 aromatic rings. The Morgan fingerprint density at radius 2 is 2.23 bits per heavy atom. The van der Waals surface area contributed by atoms with Crippen LogP contribution in [0.25, 0.3) is 11.2 Å². The van der Waals surface area contributed by atoms with Gasteiger partial charge in [-0.25, -0.2) is 4.98 Å². The predicted molar refractivity (Wildman–Crippen MR) is 84.6 cm³/mol. The lowest BCUT2D eigenvalue weighted by Gasteiger charge is -2.22. The Bertz CT molecular complexity index is 768. The second-order valence-electron chi connectivity index (χ2n) is 6.65. The van der Waals surface area contributed by atoms with Crippen LogP contribution in [0, 0.1) is 5.92 Å². The highest BCUT2D eigenvalue weighted by atomic mass is 16.5. The van der Waals surface area contributed by atoms with E-state index in [2.05, 4.69) is 27.1 Å². The normalized spacial score (nSPS) is 21.8. The summed E-state index contributed by atoms with van der Waals surface area (Å²) in [7, 11) is 0. The number of ether oxygens (including phenoxy) is 1. The first-order valence-corrected chi connectivity index (χ1v) is 7.38. The molecule has 0 saturated heterocycles. The average Bonchev–Trinajstić information content (AvgIpc) is 3.01. The topological polar surface area (TPSA) is 98.8 Å². The van der Waals surface area contributed by atoms with Gasteiger partial charge >= 0.3 is 0 Å². The van der Waals surface area contributed by atoms with Crippen LogP contribution in [0.5, 0.6) is 0 Å². The second kappa shape index (κ2) is 5.24. The van der Waals surface area contributed by atoms with Crippen LogP contribution in [-0.4, -0.2) is 31.7 Å². The summed E-state index contributed by atoms with van der Waals surface area (Å²) in [6.45, 7) is 6.82. The monoisotopic (exact) mass is 303 g/mol. The fourth-order valence-corrected chi connectivity index (χ4v) is 2.63. The molecule has 3 rings (SSSR count). The van der Waals surface area contributed by atoms with Crippen molar-refractivity contribution in [2.24, 2.45) is 5.92 Å². The lowest BCUT2D eigenvalue weighted by atomic mass is 10.1. The van der Waals surface area contributed by atoms with Crippen molar-refractivity contribution in [1.29, 1.82) is 0 Å². The van der Waals surface area contributed by atoms with Gasteiger partial charge in [0, 0.05) is 5.92 Å². The van der Waals surface area contributed by atoms with Crippen molar-refractivity contribution in [3.63, 3.8) is 0 Å². The average molecular weight is 303 g/mol. The van der Waals surface area contributed by atoms with Crippen molar-refractivity contribution in [1.82, 2.24) is 19.5 Å². The second-order valence-corrected chi connectivity index (χ2v) is 6.65. The molecule has 0 radical (unpaired) electrons. The lowest BCUT2D eigenvalue weighted by molar-refractivity contribution is -0.0160. The number of allylic oxidation sites excluding steroid dienone is 1. The number of nitrogen functional groups attached to an aromatic ring is 1. The molecule has 0 spiro atoms. The number of aromatic amines is 1. The number of aromatic nitrogens is 4. The molecule has 7 nitrogen and oxygen atoms in total. The number of nitrogens with zero attached hydrogens (tertiary/aromatic N) is 3. The maximum Gasteiger partial charge on any atom is 0.280 e. The number of hydrogen-bond donors (Lipinski definition) is 2. The third kappa shape index (κ3) is 2.89. The quantitative estimate of drug-likeness (QED) is 0.840. The lowest BCUT2D eigenvalue weighted by Crippen LogP contribution is -2.23. The van der Waals surface area contributed by atoms with E-state index in [0.29, 0.717) is 23.7 Å². The zero-order chi connectivity index (χ0) is 15.9. The Morgan fingerprint density at radius 3 is 2.95 bits per heavy atom. The summed E-state index contributed by atoms with van der Waals surface area (Å²) >= 11 is 0. The minimum Gasteiger partial charge on any atom is -0.375 e. The molecule has 0 aromatic carbocycles. The SMILES string of the molecule is CC(C)(C)OC[C@H]1C=C[C@@H](n2cnc3c(=O)[nH]c(N)nc32)C1. The summed E-state index contributed by atoms with van der Waals surface area (Å²) in [5.74, 6) is 0.454. The van der Waals surface area contributed by atoms with Crippen LogP contribution in [0.15, 0.2) is 23.3 Å². The van der Waals surface area contributed by atoms with Gasteiger partial charge in [-0.15, -0.1) is 0 Å². The van der Waals surface area contributed by atoms with Gasteiger partial charge < -0.3 is 15.0 Å². The van der Waals surface area contributed by atoms with Crippen LogP contribution < -0.4 is 11.3 Å². The number of nitrogens with two attached hydrogens (primary N) is 1. The molecule has 2 atom stereocenters. The van der Waals surface area contributed by atoms with E-state index in [1.165, 1.54) is 0 Å². The maximum atomic E-state index is 11.8. The number of fused-ring (bicyclic) bond motifs is 1. The molecule has 0 aliphatic heterocycles. The molecule has 0 fully saturated rings. The molecule has 0 saturated carbocycles. The van der Waals surface area contributed by atoms with E-state index in [1.54, 1.807) is 6.33 Å². The molecule has 0 amide bonds. The van der Waals surface area contributed by atoms with Crippen molar-refractivity contribution in [3.8, 4) is 0 Å². The van der Waals surface area contributed by atoms with Gasteiger partial charge in [-0.3, -0.25) is 9.78 Å². The summed E-state index contributed by atoms with van der Waals surface area (Å²) in [5, 5.41) is 0. The number of nitrogens with one attached hydrogen (secondary N) is 1. The molecule has 1 aliphatic carbocycles. The van der Waals surface area contributed by atoms with E-state index in [1.807, 2.05) is 25.3 Å². The van der Waals surface area contributed by atoms with Crippen LogP contribution in [-0.2, 0) is 4.74 Å². The van der Waals surface area contributed by atoms with Gasteiger partial charge in [0.15, 0.2) is 11.2 Å². The number of imidazole rings is 1. The minimum absolute atomic E-state index is 0.105. The van der Waals surface area contributed by atoms with E-state index < -0.39 is 0 Å². The number of rotatable bonds is 3. The zero-order valence-electron chi connectivity index (χ0n) is 13.0. The van der Waals surface area contributed by atoms with Crippen molar-refractivity contribution < 1.29 is 4.74 Å². The highest BCUT2D eigenvalue weighted by molar-refractivity contribution is 5.70. The summed E-state index contributed by atoms with van der Waals surface area (Å²) in [4.78, 5) is 22.6. The van der Waals surface area contributed by atoms with E-state index in [4.69, 9.17) is 10.5 Å². The largest absolute Gasteiger partial charge is 0.375 e. The van der Waals surface area contributed by atoms with Crippen molar-refractivity contribution in [3.05, 3.63) is 28.8 Å². The van der Waals surface area contributed by atoms with Gasteiger partial charge in [0.25, 0.3) is 5.56 Å². The van der Waals surface area contributed by atoms with Gasteiger partial charge in [-0.05, 0) is 27.2 Å². The summed E-state index contributed by atoms with van der Waals surface area (Å²) < 4.78 is 7.74. The third-order valence-electron chi connectivity index (χ3n) is 3.69.